The number of fused-ring (bicyclic) bond motifs is 1. The van der Waals surface area contributed by atoms with Crippen LogP contribution >= 0.6 is 11.3 Å². The molecule has 1 fully saturated rings. The third kappa shape index (κ3) is 1.98. The van der Waals surface area contributed by atoms with Crippen LogP contribution in [0.3, 0.4) is 0 Å². The first-order chi connectivity index (χ1) is 7.86. The average molecular weight is 232 g/mol. The van der Waals surface area contributed by atoms with Crippen LogP contribution in [-0.4, -0.2) is 6.04 Å². The Morgan fingerprint density at radius 2 is 2.25 bits per heavy atom. The minimum atomic E-state index is 0.626. The summed E-state index contributed by atoms with van der Waals surface area (Å²) in [5.41, 5.74) is 8.32. The molecule has 1 aliphatic rings. The minimum absolute atomic E-state index is 0.626. The molecule has 0 unspecified atom stereocenters. The third-order valence-corrected chi connectivity index (χ3v) is 4.12. The van der Waals surface area contributed by atoms with Gasteiger partial charge in [-0.15, -0.1) is 11.3 Å². The van der Waals surface area contributed by atoms with Crippen molar-refractivity contribution in [2.45, 2.75) is 32.0 Å². The van der Waals surface area contributed by atoms with Crippen LogP contribution in [0.1, 0.15) is 24.0 Å². The predicted molar refractivity (Wildman–Crippen MR) is 69.6 cm³/mol. The second-order valence-electron chi connectivity index (χ2n) is 4.45. The molecule has 1 saturated carbocycles. The molecule has 1 aliphatic carbocycles. The lowest BCUT2D eigenvalue weighted by Crippen LogP contribution is -2.14. The molecule has 0 amide bonds. The van der Waals surface area contributed by atoms with Crippen molar-refractivity contribution in [3.63, 3.8) is 0 Å². The second kappa shape index (κ2) is 4.17. The van der Waals surface area contributed by atoms with Crippen molar-refractivity contribution in [3.8, 4) is 0 Å². The van der Waals surface area contributed by atoms with E-state index in [9.17, 15) is 0 Å². The Morgan fingerprint density at radius 3 is 3.00 bits per heavy atom. The Morgan fingerprint density at radius 1 is 1.38 bits per heavy atom. The Bertz CT molecular complexity index is 500. The monoisotopic (exact) mass is 232 g/mol. The highest BCUT2D eigenvalue weighted by atomic mass is 32.1. The minimum Gasteiger partial charge on any atom is -0.326 e. The van der Waals surface area contributed by atoms with Crippen LogP contribution < -0.4 is 11.1 Å². The summed E-state index contributed by atoms with van der Waals surface area (Å²) in [6.45, 7) is 1.62. The molecule has 3 heteroatoms. The maximum absolute atomic E-state index is 5.68. The van der Waals surface area contributed by atoms with Gasteiger partial charge in [0.2, 0.25) is 0 Å². The van der Waals surface area contributed by atoms with E-state index < -0.39 is 0 Å². The number of hydrogen-bond acceptors (Lipinski definition) is 3. The van der Waals surface area contributed by atoms with E-state index in [0.29, 0.717) is 6.54 Å². The van der Waals surface area contributed by atoms with Gasteiger partial charge >= 0.3 is 0 Å². The molecule has 0 atom stereocenters. The third-order valence-electron chi connectivity index (χ3n) is 3.11. The highest BCUT2D eigenvalue weighted by molar-refractivity contribution is 7.17. The molecule has 1 aromatic heterocycles. The van der Waals surface area contributed by atoms with Crippen molar-refractivity contribution < 1.29 is 0 Å². The van der Waals surface area contributed by atoms with Crippen molar-refractivity contribution in [2.24, 2.45) is 5.73 Å². The van der Waals surface area contributed by atoms with Crippen molar-refractivity contribution in [1.82, 2.24) is 5.32 Å². The van der Waals surface area contributed by atoms with Crippen molar-refractivity contribution in [3.05, 3.63) is 34.7 Å². The zero-order valence-electron chi connectivity index (χ0n) is 9.20. The molecule has 0 spiro atoms. The number of benzene rings is 1. The van der Waals surface area contributed by atoms with Gasteiger partial charge in [-0.3, -0.25) is 0 Å². The summed E-state index contributed by atoms with van der Waals surface area (Å²) in [6, 6.07) is 7.31. The first-order valence-corrected chi connectivity index (χ1v) is 6.67. The van der Waals surface area contributed by atoms with Crippen LogP contribution in [-0.2, 0) is 13.1 Å². The van der Waals surface area contributed by atoms with Gasteiger partial charge in [-0.25, -0.2) is 0 Å². The van der Waals surface area contributed by atoms with Crippen molar-refractivity contribution in [2.75, 3.05) is 0 Å². The summed E-state index contributed by atoms with van der Waals surface area (Å²) >= 11 is 1.82. The fourth-order valence-electron chi connectivity index (χ4n) is 1.93. The van der Waals surface area contributed by atoms with Gasteiger partial charge in [0.25, 0.3) is 0 Å². The van der Waals surface area contributed by atoms with Crippen molar-refractivity contribution in [1.29, 1.82) is 0 Å². The van der Waals surface area contributed by atoms with Crippen LogP contribution in [0.2, 0.25) is 0 Å². The van der Waals surface area contributed by atoms with Gasteiger partial charge in [0.05, 0.1) is 0 Å². The number of rotatable bonds is 4. The smallest absolute Gasteiger partial charge is 0.0346 e. The van der Waals surface area contributed by atoms with Gasteiger partial charge < -0.3 is 11.1 Å². The summed E-state index contributed by atoms with van der Waals surface area (Å²) < 4.78 is 1.37. The lowest BCUT2D eigenvalue weighted by molar-refractivity contribution is 0.692. The molecule has 16 heavy (non-hydrogen) atoms. The fourth-order valence-corrected chi connectivity index (χ4v) is 2.88. The summed E-state index contributed by atoms with van der Waals surface area (Å²) in [4.78, 5) is 0. The van der Waals surface area contributed by atoms with Crippen molar-refractivity contribution >= 4 is 21.4 Å². The van der Waals surface area contributed by atoms with Gasteiger partial charge in [0.1, 0.15) is 0 Å². The standard InChI is InChI=1S/C13H16N2S/c14-6-9-1-4-13-12(5-9)10(8-16-13)7-15-11-2-3-11/h1,4-5,8,11,15H,2-3,6-7,14H2. The molecule has 0 aliphatic heterocycles. The first-order valence-electron chi connectivity index (χ1n) is 5.79. The van der Waals surface area contributed by atoms with E-state index >= 15 is 0 Å². The number of nitrogens with two attached hydrogens (primary N) is 1. The average Bonchev–Trinajstić information content (AvgIpc) is 3.06. The molecule has 0 saturated heterocycles. The predicted octanol–water partition coefficient (Wildman–Crippen LogP) is 2.61. The largest absolute Gasteiger partial charge is 0.326 e. The van der Waals surface area contributed by atoms with Crippen LogP contribution in [0.25, 0.3) is 10.1 Å². The quantitative estimate of drug-likeness (QED) is 0.850. The Balaban J connectivity index is 1.89. The van der Waals surface area contributed by atoms with Crippen LogP contribution in [0.4, 0.5) is 0 Å². The zero-order valence-corrected chi connectivity index (χ0v) is 10.0. The number of nitrogens with one attached hydrogen (secondary N) is 1. The van der Waals surface area contributed by atoms with Crippen LogP contribution in [0.15, 0.2) is 23.6 Å². The van der Waals surface area contributed by atoms with E-state index in [0.717, 1.165) is 12.6 Å². The van der Waals surface area contributed by atoms with Gasteiger partial charge in [0, 0.05) is 23.8 Å². The second-order valence-corrected chi connectivity index (χ2v) is 5.36. The Kier molecular flexibility index (Phi) is 2.67. The summed E-state index contributed by atoms with van der Waals surface area (Å²) in [5, 5.41) is 7.20. The van der Waals surface area contributed by atoms with E-state index in [-0.39, 0.29) is 0 Å². The van der Waals surface area contributed by atoms with Crippen LogP contribution in [0, 0.1) is 0 Å². The molecule has 2 nitrogen and oxygen atoms in total. The molecule has 2 aromatic rings. The highest BCUT2D eigenvalue weighted by Gasteiger charge is 2.20. The fraction of sp³-hybridized carbons (Fsp3) is 0.385. The topological polar surface area (TPSA) is 38.0 Å². The maximum Gasteiger partial charge on any atom is 0.0346 e. The SMILES string of the molecule is NCc1ccc2scc(CNC3CC3)c2c1. The molecule has 84 valence electrons. The zero-order chi connectivity index (χ0) is 11.0. The normalized spacial score (nSPS) is 15.8. The Hall–Kier alpha value is -0.900. The van der Waals surface area contributed by atoms with E-state index in [1.807, 2.05) is 11.3 Å². The molecule has 1 aromatic carbocycles. The van der Waals surface area contributed by atoms with Gasteiger partial charge in [-0.05, 0) is 46.9 Å². The highest BCUT2D eigenvalue weighted by Crippen LogP contribution is 2.28. The van der Waals surface area contributed by atoms with Crippen LogP contribution in [0.5, 0.6) is 0 Å². The van der Waals surface area contributed by atoms with E-state index in [1.54, 1.807) is 0 Å². The molecule has 0 bridgehead atoms. The molecule has 0 radical (unpaired) electrons. The maximum atomic E-state index is 5.68. The molecule has 3 rings (SSSR count). The summed E-state index contributed by atoms with van der Waals surface area (Å²) in [7, 11) is 0. The number of hydrogen-bond donors (Lipinski definition) is 2. The van der Waals surface area contributed by atoms with E-state index in [1.165, 1.54) is 34.1 Å². The van der Waals surface area contributed by atoms with Gasteiger partial charge in [-0.1, -0.05) is 6.07 Å². The molecule has 3 N–H and O–H groups in total. The lowest BCUT2D eigenvalue weighted by Gasteiger charge is -2.02. The molecule has 1 heterocycles. The molecular formula is C13H16N2S. The lowest BCUT2D eigenvalue weighted by atomic mass is 10.1. The van der Waals surface area contributed by atoms with E-state index in [4.69, 9.17) is 5.73 Å². The Labute approximate surface area is 99.5 Å². The number of thiophene rings is 1. The van der Waals surface area contributed by atoms with E-state index in [2.05, 4.69) is 28.9 Å². The summed E-state index contributed by atoms with van der Waals surface area (Å²) in [6.07, 6.45) is 2.69. The van der Waals surface area contributed by atoms with Gasteiger partial charge in [0.15, 0.2) is 0 Å². The molecular weight excluding hydrogens is 216 g/mol. The van der Waals surface area contributed by atoms with Gasteiger partial charge in [-0.2, -0.15) is 0 Å². The summed E-state index contributed by atoms with van der Waals surface area (Å²) in [5.74, 6) is 0. The first kappa shape index (κ1) is 10.3.